The van der Waals surface area contributed by atoms with Gasteiger partial charge < -0.3 is 24.8 Å². The fourth-order valence-corrected chi connectivity index (χ4v) is 2.19. The minimum Gasteiger partial charge on any atom is -0.493 e. The molecule has 1 fully saturated rings. The summed E-state index contributed by atoms with van der Waals surface area (Å²) in [5, 5.41) is 0. The smallest absolute Gasteiger partial charge is 0.165 e. The van der Waals surface area contributed by atoms with Gasteiger partial charge in [0.05, 0.1) is 13.7 Å². The number of hydrogen-bond donors (Lipinski definition) is 1. The van der Waals surface area contributed by atoms with Crippen molar-refractivity contribution in [3.05, 3.63) is 23.8 Å². The van der Waals surface area contributed by atoms with Crippen LogP contribution in [0.2, 0.25) is 0 Å². The fraction of sp³-hybridized carbons (Fsp3) is 0.571. The van der Waals surface area contributed by atoms with Gasteiger partial charge in [-0.2, -0.15) is 0 Å². The van der Waals surface area contributed by atoms with Crippen molar-refractivity contribution in [2.24, 2.45) is 5.73 Å². The molecular formula is C14H22N2O3. The van der Waals surface area contributed by atoms with E-state index in [1.165, 1.54) is 0 Å². The van der Waals surface area contributed by atoms with Crippen LogP contribution in [-0.4, -0.2) is 51.5 Å². The van der Waals surface area contributed by atoms with Crippen LogP contribution in [0.5, 0.6) is 11.5 Å². The highest BCUT2D eigenvalue weighted by Gasteiger charge is 2.19. The summed E-state index contributed by atoms with van der Waals surface area (Å²) in [5.74, 6) is 1.44. The lowest BCUT2D eigenvalue weighted by Gasteiger charge is -2.30. The van der Waals surface area contributed by atoms with Crippen molar-refractivity contribution in [3.63, 3.8) is 0 Å². The van der Waals surface area contributed by atoms with Crippen molar-refractivity contribution in [1.82, 2.24) is 4.90 Å². The van der Waals surface area contributed by atoms with E-state index in [9.17, 15) is 0 Å². The number of para-hydroxylation sites is 1. The van der Waals surface area contributed by atoms with Gasteiger partial charge in [-0.3, -0.25) is 0 Å². The number of nitrogens with two attached hydrogens (primary N) is 1. The molecule has 1 aromatic carbocycles. The zero-order chi connectivity index (χ0) is 13.7. The Morgan fingerprint density at radius 3 is 3.00 bits per heavy atom. The molecule has 0 saturated carbocycles. The minimum absolute atomic E-state index is 0.0919. The molecule has 1 saturated heterocycles. The number of ether oxygens (including phenoxy) is 3. The average Bonchev–Trinajstić information content (AvgIpc) is 2.44. The lowest BCUT2D eigenvalue weighted by molar-refractivity contribution is -0.0407. The molecule has 0 aliphatic carbocycles. The summed E-state index contributed by atoms with van der Waals surface area (Å²) in [6, 6.07) is 5.74. The van der Waals surface area contributed by atoms with Gasteiger partial charge in [-0.1, -0.05) is 12.1 Å². The summed E-state index contributed by atoms with van der Waals surface area (Å²) in [7, 11) is 3.72. The molecule has 0 aromatic heterocycles. The Balaban J connectivity index is 2.01. The number of benzene rings is 1. The summed E-state index contributed by atoms with van der Waals surface area (Å²) < 4.78 is 16.9. The fourth-order valence-electron chi connectivity index (χ4n) is 2.19. The van der Waals surface area contributed by atoms with E-state index in [1.807, 2.05) is 18.2 Å². The Hall–Kier alpha value is -1.30. The summed E-state index contributed by atoms with van der Waals surface area (Å²) in [5.41, 5.74) is 6.68. The van der Waals surface area contributed by atoms with Crippen LogP contribution < -0.4 is 15.2 Å². The molecule has 0 radical (unpaired) electrons. The van der Waals surface area contributed by atoms with E-state index >= 15 is 0 Å². The summed E-state index contributed by atoms with van der Waals surface area (Å²) in [6.07, 6.45) is 0.0919. The van der Waals surface area contributed by atoms with E-state index in [1.54, 1.807) is 7.11 Å². The summed E-state index contributed by atoms with van der Waals surface area (Å²) >= 11 is 0. The third kappa shape index (κ3) is 3.59. The van der Waals surface area contributed by atoms with Crippen molar-refractivity contribution in [2.45, 2.75) is 12.6 Å². The summed E-state index contributed by atoms with van der Waals surface area (Å²) in [6.45, 7) is 3.54. The Morgan fingerprint density at radius 2 is 2.32 bits per heavy atom. The third-order valence-corrected chi connectivity index (χ3v) is 3.26. The highest BCUT2D eigenvalue weighted by Crippen LogP contribution is 2.31. The van der Waals surface area contributed by atoms with Gasteiger partial charge in [0.15, 0.2) is 11.5 Å². The first-order valence-electron chi connectivity index (χ1n) is 6.53. The van der Waals surface area contributed by atoms with Gasteiger partial charge in [-0.25, -0.2) is 0 Å². The second-order valence-corrected chi connectivity index (χ2v) is 4.72. The van der Waals surface area contributed by atoms with Gasteiger partial charge in [-0.15, -0.1) is 0 Å². The topological polar surface area (TPSA) is 57.0 Å². The van der Waals surface area contributed by atoms with Crippen molar-refractivity contribution in [2.75, 3.05) is 40.5 Å². The highest BCUT2D eigenvalue weighted by molar-refractivity contribution is 5.46. The van der Waals surface area contributed by atoms with Crippen molar-refractivity contribution in [1.29, 1.82) is 0 Å². The number of rotatable bonds is 5. The lowest BCUT2D eigenvalue weighted by atomic mass is 10.2. The number of methoxy groups -OCH3 is 1. The van der Waals surface area contributed by atoms with E-state index in [0.29, 0.717) is 18.9 Å². The van der Waals surface area contributed by atoms with Gasteiger partial charge in [0.25, 0.3) is 0 Å². The molecule has 2 rings (SSSR count). The first-order valence-corrected chi connectivity index (χ1v) is 6.53. The molecule has 5 nitrogen and oxygen atoms in total. The van der Waals surface area contributed by atoms with Crippen LogP contribution in [0.25, 0.3) is 0 Å². The zero-order valence-corrected chi connectivity index (χ0v) is 11.6. The van der Waals surface area contributed by atoms with E-state index in [4.69, 9.17) is 19.9 Å². The van der Waals surface area contributed by atoms with Crippen LogP contribution >= 0.6 is 0 Å². The molecule has 106 valence electrons. The molecule has 1 aromatic rings. The molecule has 1 heterocycles. The Labute approximate surface area is 114 Å². The van der Waals surface area contributed by atoms with Gasteiger partial charge in [0.2, 0.25) is 0 Å². The van der Waals surface area contributed by atoms with E-state index < -0.39 is 0 Å². The number of likely N-dealkylation sites (N-methyl/N-ethyl adjacent to an activating group) is 1. The molecule has 1 aliphatic rings. The van der Waals surface area contributed by atoms with Gasteiger partial charge in [0.1, 0.15) is 12.7 Å². The monoisotopic (exact) mass is 266 g/mol. The molecule has 1 aliphatic heterocycles. The number of morpholine rings is 1. The maximum Gasteiger partial charge on any atom is 0.165 e. The molecule has 0 spiro atoms. The van der Waals surface area contributed by atoms with E-state index in [0.717, 1.165) is 31.0 Å². The second-order valence-electron chi connectivity index (χ2n) is 4.72. The maximum atomic E-state index is 5.88. The van der Waals surface area contributed by atoms with Crippen LogP contribution in [0.3, 0.4) is 0 Å². The van der Waals surface area contributed by atoms with Crippen LogP contribution in [-0.2, 0) is 11.3 Å². The van der Waals surface area contributed by atoms with Crippen LogP contribution in [0, 0.1) is 0 Å². The van der Waals surface area contributed by atoms with Gasteiger partial charge >= 0.3 is 0 Å². The Kier molecular flexibility index (Phi) is 5.01. The second kappa shape index (κ2) is 6.75. The van der Waals surface area contributed by atoms with Crippen molar-refractivity contribution < 1.29 is 14.2 Å². The standard InChI is InChI=1S/C14H22N2O3/c1-16-6-7-18-12(9-16)10-19-14-11(8-15)4-3-5-13(14)17-2/h3-5,12H,6-10,15H2,1-2H3. The molecular weight excluding hydrogens is 244 g/mol. The molecule has 2 N–H and O–H groups in total. The molecule has 0 bridgehead atoms. The molecule has 0 amide bonds. The van der Waals surface area contributed by atoms with Crippen molar-refractivity contribution >= 4 is 0 Å². The molecule has 1 atom stereocenters. The molecule has 19 heavy (non-hydrogen) atoms. The largest absolute Gasteiger partial charge is 0.493 e. The predicted molar refractivity (Wildman–Crippen MR) is 73.6 cm³/mol. The minimum atomic E-state index is 0.0919. The van der Waals surface area contributed by atoms with Gasteiger partial charge in [0, 0.05) is 25.2 Å². The molecule has 5 heteroatoms. The van der Waals surface area contributed by atoms with Gasteiger partial charge in [-0.05, 0) is 13.1 Å². The third-order valence-electron chi connectivity index (χ3n) is 3.26. The highest BCUT2D eigenvalue weighted by atomic mass is 16.5. The van der Waals surface area contributed by atoms with Crippen LogP contribution in [0.15, 0.2) is 18.2 Å². The SMILES string of the molecule is COc1cccc(CN)c1OCC1CN(C)CCO1. The average molecular weight is 266 g/mol. The molecule has 1 unspecified atom stereocenters. The quantitative estimate of drug-likeness (QED) is 0.857. The Bertz CT molecular complexity index is 389. The van der Waals surface area contributed by atoms with Crippen LogP contribution in [0.4, 0.5) is 0 Å². The van der Waals surface area contributed by atoms with E-state index in [2.05, 4.69) is 11.9 Å². The lowest BCUT2D eigenvalue weighted by Crippen LogP contribution is -2.42. The number of nitrogens with zero attached hydrogens (tertiary/aromatic N) is 1. The number of hydrogen-bond acceptors (Lipinski definition) is 5. The first-order chi connectivity index (χ1) is 9.24. The zero-order valence-electron chi connectivity index (χ0n) is 11.6. The predicted octanol–water partition coefficient (Wildman–Crippen LogP) is 0.863. The van der Waals surface area contributed by atoms with Crippen LogP contribution in [0.1, 0.15) is 5.56 Å². The Morgan fingerprint density at radius 1 is 1.47 bits per heavy atom. The van der Waals surface area contributed by atoms with E-state index in [-0.39, 0.29) is 6.10 Å². The normalized spacial score (nSPS) is 20.3. The maximum absolute atomic E-state index is 5.88. The summed E-state index contributed by atoms with van der Waals surface area (Å²) in [4.78, 5) is 2.24. The van der Waals surface area contributed by atoms with Crippen molar-refractivity contribution in [3.8, 4) is 11.5 Å². The first kappa shape index (κ1) is 14.1.